The molecule has 0 aliphatic rings. The number of carbonyl (C=O) groups is 1. The Balaban J connectivity index is 3.29. The third-order valence-electron chi connectivity index (χ3n) is 1.92. The lowest BCUT2D eigenvalue weighted by molar-refractivity contribution is -0.137. The summed E-state index contributed by atoms with van der Waals surface area (Å²) in [4.78, 5) is 11.4. The van der Waals surface area contributed by atoms with Gasteiger partial charge in [-0.2, -0.15) is 13.2 Å². The van der Waals surface area contributed by atoms with Gasteiger partial charge in [-0.25, -0.2) is 0 Å². The lowest BCUT2D eigenvalue weighted by Gasteiger charge is -2.13. The van der Waals surface area contributed by atoms with E-state index >= 15 is 0 Å². The number of Topliss-reactive ketones (excluding diaryl/α,β-unsaturated/α-hetero) is 1. The van der Waals surface area contributed by atoms with Gasteiger partial charge < -0.3 is 0 Å². The average Bonchev–Trinajstić information content (AvgIpc) is 2.15. The maximum absolute atomic E-state index is 12.6. The van der Waals surface area contributed by atoms with Crippen LogP contribution in [0, 0.1) is 0 Å². The van der Waals surface area contributed by atoms with Crippen LogP contribution in [-0.2, 0) is 6.18 Å². The van der Waals surface area contributed by atoms with Crippen LogP contribution >= 0.6 is 23.2 Å². The summed E-state index contributed by atoms with van der Waals surface area (Å²) in [5, 5.41) is -0.479. The first-order valence-corrected chi connectivity index (χ1v) is 5.24. The van der Waals surface area contributed by atoms with Crippen LogP contribution in [0.2, 0.25) is 5.02 Å². The van der Waals surface area contributed by atoms with Crippen molar-refractivity contribution in [2.45, 2.75) is 12.6 Å². The predicted molar refractivity (Wildman–Crippen MR) is 56.1 cm³/mol. The molecule has 16 heavy (non-hydrogen) atoms. The Hall–Kier alpha value is -0.740. The lowest BCUT2D eigenvalue weighted by Crippen LogP contribution is -2.14. The molecule has 0 aromatic heterocycles. The molecular weight excluding hydrogens is 264 g/mol. The molecule has 0 saturated heterocycles. The molecule has 88 valence electrons. The highest BCUT2D eigenvalue weighted by Gasteiger charge is 2.37. The lowest BCUT2D eigenvalue weighted by atomic mass is 10.0. The van der Waals surface area contributed by atoms with E-state index in [1.165, 1.54) is 6.07 Å². The van der Waals surface area contributed by atoms with Crippen LogP contribution in [0.25, 0.3) is 0 Å². The molecule has 0 amide bonds. The first kappa shape index (κ1) is 13.3. The van der Waals surface area contributed by atoms with Crippen molar-refractivity contribution in [1.82, 2.24) is 0 Å². The minimum absolute atomic E-state index is 0.0252. The Bertz CT molecular complexity index is 402. The summed E-state index contributed by atoms with van der Waals surface area (Å²) >= 11 is 10.8. The summed E-state index contributed by atoms with van der Waals surface area (Å²) in [6.45, 7) is 0. The Kier molecular flexibility index (Phi) is 4.21. The summed E-state index contributed by atoms with van der Waals surface area (Å²) in [7, 11) is 0. The Morgan fingerprint density at radius 1 is 1.31 bits per heavy atom. The number of halogens is 5. The fourth-order valence-electron chi connectivity index (χ4n) is 1.27. The largest absolute Gasteiger partial charge is 0.418 e. The van der Waals surface area contributed by atoms with Crippen molar-refractivity contribution in [3.8, 4) is 0 Å². The van der Waals surface area contributed by atoms with Crippen molar-refractivity contribution < 1.29 is 18.0 Å². The summed E-state index contributed by atoms with van der Waals surface area (Å²) in [5.74, 6) is -0.687. The molecule has 0 aliphatic heterocycles. The summed E-state index contributed by atoms with van der Waals surface area (Å²) < 4.78 is 37.9. The smallest absolute Gasteiger partial charge is 0.294 e. The number of hydrogen-bond acceptors (Lipinski definition) is 1. The van der Waals surface area contributed by atoms with Gasteiger partial charge in [0.05, 0.1) is 10.6 Å². The zero-order valence-electron chi connectivity index (χ0n) is 7.94. The monoisotopic (exact) mass is 270 g/mol. The molecule has 6 heteroatoms. The molecule has 0 aliphatic carbocycles. The highest BCUT2D eigenvalue weighted by atomic mass is 35.5. The average molecular weight is 271 g/mol. The summed E-state index contributed by atoms with van der Waals surface area (Å²) in [5.41, 5.74) is -1.52. The topological polar surface area (TPSA) is 17.1 Å². The van der Waals surface area contributed by atoms with Gasteiger partial charge in [-0.15, -0.1) is 11.6 Å². The molecule has 0 spiro atoms. The van der Waals surface area contributed by atoms with Gasteiger partial charge in [0, 0.05) is 17.9 Å². The second-order valence-electron chi connectivity index (χ2n) is 3.02. The SMILES string of the molecule is O=C(CCCl)c1cccc(Cl)c1C(F)(F)F. The number of carbonyl (C=O) groups excluding carboxylic acids is 1. The number of rotatable bonds is 3. The quantitative estimate of drug-likeness (QED) is 0.595. The van der Waals surface area contributed by atoms with Crippen LogP contribution in [-0.4, -0.2) is 11.7 Å². The summed E-state index contributed by atoms with van der Waals surface area (Å²) in [6.07, 6.45) is -4.79. The minimum Gasteiger partial charge on any atom is -0.294 e. The van der Waals surface area contributed by atoms with Crippen LogP contribution in [0.1, 0.15) is 22.3 Å². The molecule has 0 radical (unpaired) electrons. The summed E-state index contributed by atoms with van der Waals surface area (Å²) in [6, 6.07) is 3.50. The number of alkyl halides is 4. The highest BCUT2D eigenvalue weighted by molar-refractivity contribution is 6.32. The molecule has 1 aromatic carbocycles. The molecule has 0 heterocycles. The highest BCUT2D eigenvalue weighted by Crippen LogP contribution is 2.37. The Morgan fingerprint density at radius 2 is 1.94 bits per heavy atom. The third-order valence-corrected chi connectivity index (χ3v) is 2.42. The molecule has 0 atom stereocenters. The zero-order valence-corrected chi connectivity index (χ0v) is 9.46. The van der Waals surface area contributed by atoms with E-state index in [0.717, 1.165) is 12.1 Å². The van der Waals surface area contributed by atoms with Crippen molar-refractivity contribution in [2.24, 2.45) is 0 Å². The van der Waals surface area contributed by atoms with E-state index in [2.05, 4.69) is 0 Å². The molecule has 0 saturated carbocycles. The molecule has 0 N–H and O–H groups in total. The predicted octanol–water partition coefficient (Wildman–Crippen LogP) is 4.17. The zero-order chi connectivity index (χ0) is 12.3. The molecule has 1 rings (SSSR count). The standard InChI is InChI=1S/C10H7Cl2F3O/c11-5-4-8(16)6-2-1-3-7(12)9(6)10(13,14)15/h1-3H,4-5H2. The molecule has 1 nitrogen and oxygen atoms in total. The maximum atomic E-state index is 12.6. The van der Waals surface area contributed by atoms with Crippen molar-refractivity contribution in [1.29, 1.82) is 0 Å². The van der Waals surface area contributed by atoms with E-state index in [9.17, 15) is 18.0 Å². The van der Waals surface area contributed by atoms with E-state index in [-0.39, 0.29) is 12.3 Å². The van der Waals surface area contributed by atoms with Crippen LogP contribution in [0.4, 0.5) is 13.2 Å². The van der Waals surface area contributed by atoms with E-state index in [4.69, 9.17) is 23.2 Å². The number of hydrogen-bond donors (Lipinski definition) is 0. The second kappa shape index (κ2) is 5.06. The Morgan fingerprint density at radius 3 is 2.44 bits per heavy atom. The molecule has 0 unspecified atom stereocenters. The van der Waals surface area contributed by atoms with Crippen LogP contribution in [0.5, 0.6) is 0 Å². The van der Waals surface area contributed by atoms with Gasteiger partial charge in [-0.05, 0) is 6.07 Å². The Labute approximate surface area is 100 Å². The second-order valence-corrected chi connectivity index (χ2v) is 3.81. The van der Waals surface area contributed by atoms with Gasteiger partial charge in [-0.3, -0.25) is 4.79 Å². The van der Waals surface area contributed by atoms with Crippen molar-refractivity contribution >= 4 is 29.0 Å². The van der Waals surface area contributed by atoms with Crippen molar-refractivity contribution in [3.63, 3.8) is 0 Å². The van der Waals surface area contributed by atoms with Crippen LogP contribution < -0.4 is 0 Å². The van der Waals surface area contributed by atoms with Gasteiger partial charge in [0.2, 0.25) is 0 Å². The van der Waals surface area contributed by atoms with Crippen molar-refractivity contribution in [2.75, 3.05) is 5.88 Å². The molecule has 0 fully saturated rings. The molecule has 0 bridgehead atoms. The fraction of sp³-hybridized carbons (Fsp3) is 0.300. The van der Waals surface area contributed by atoms with Gasteiger partial charge in [0.15, 0.2) is 5.78 Å². The fourth-order valence-corrected chi connectivity index (χ4v) is 1.72. The first-order chi connectivity index (χ1) is 7.38. The normalized spacial score (nSPS) is 11.6. The maximum Gasteiger partial charge on any atom is 0.418 e. The van der Waals surface area contributed by atoms with Crippen LogP contribution in [0.3, 0.4) is 0 Å². The van der Waals surface area contributed by atoms with Gasteiger partial charge >= 0.3 is 6.18 Å². The van der Waals surface area contributed by atoms with E-state index in [1.54, 1.807) is 0 Å². The third kappa shape index (κ3) is 2.89. The van der Waals surface area contributed by atoms with E-state index in [1.807, 2.05) is 0 Å². The van der Waals surface area contributed by atoms with E-state index in [0.29, 0.717) is 0 Å². The molecular formula is C10H7Cl2F3O. The van der Waals surface area contributed by atoms with Gasteiger partial charge in [-0.1, -0.05) is 23.7 Å². The molecule has 1 aromatic rings. The van der Waals surface area contributed by atoms with Gasteiger partial charge in [0.25, 0.3) is 0 Å². The van der Waals surface area contributed by atoms with E-state index < -0.39 is 28.1 Å². The number of ketones is 1. The van der Waals surface area contributed by atoms with Crippen molar-refractivity contribution in [3.05, 3.63) is 34.3 Å². The van der Waals surface area contributed by atoms with Crippen LogP contribution in [0.15, 0.2) is 18.2 Å². The van der Waals surface area contributed by atoms with Gasteiger partial charge in [0.1, 0.15) is 0 Å². The number of benzene rings is 1. The minimum atomic E-state index is -4.64. The first-order valence-electron chi connectivity index (χ1n) is 4.32.